The van der Waals surface area contributed by atoms with E-state index in [0.29, 0.717) is 81.2 Å². The molecule has 272 valence electrons. The predicted octanol–water partition coefficient (Wildman–Crippen LogP) is 3.55. The van der Waals surface area contributed by atoms with Gasteiger partial charge in [-0.25, -0.2) is 9.78 Å². The number of oxazole rings is 1. The van der Waals surface area contributed by atoms with Gasteiger partial charge in [0.1, 0.15) is 22.7 Å². The number of hydrogen-bond acceptors (Lipinski definition) is 13. The third kappa shape index (κ3) is 8.95. The summed E-state index contributed by atoms with van der Waals surface area (Å²) in [4.78, 5) is 49.1. The lowest BCUT2D eigenvalue weighted by atomic mass is 10.1. The van der Waals surface area contributed by atoms with Gasteiger partial charge in [-0.3, -0.25) is 14.5 Å². The normalized spacial score (nSPS) is 13.9. The number of anilines is 2. The lowest BCUT2D eigenvalue weighted by Gasteiger charge is -2.26. The number of ether oxygens (including phenoxy) is 4. The van der Waals surface area contributed by atoms with Crippen LogP contribution in [0.25, 0.3) is 10.2 Å². The van der Waals surface area contributed by atoms with Crippen LogP contribution in [-0.2, 0) is 22.4 Å². The molecule has 1 saturated heterocycles. The standard InChI is InChI=1S/C35H43N7O8S/c1-5-25-31(50-21(2)39-25)33(44)40-35-42(30-27(46-3)19-23(34(45)47-4)20-28(30)51-35)11-7-6-9-38-29-24(36)17-22(32(37)43)18-26(29)49-14-8-10-41-12-15-48-16-13-41/h6-7,17-20,38H,5,8-16,36H2,1-4H3,(H2,37,43)/b7-6+,40-35-. The Kier molecular flexibility index (Phi) is 12.5. The molecule has 51 heavy (non-hydrogen) atoms. The molecule has 0 aliphatic carbocycles. The summed E-state index contributed by atoms with van der Waals surface area (Å²) in [5.41, 5.74) is 14.5. The van der Waals surface area contributed by atoms with Crippen molar-refractivity contribution in [3.8, 4) is 11.5 Å². The Balaban J connectivity index is 1.38. The molecule has 5 rings (SSSR count). The Morgan fingerprint density at radius 3 is 2.57 bits per heavy atom. The van der Waals surface area contributed by atoms with E-state index in [2.05, 4.69) is 20.2 Å². The average Bonchev–Trinajstić information content (AvgIpc) is 3.69. The zero-order chi connectivity index (χ0) is 36.5. The Morgan fingerprint density at radius 1 is 1.10 bits per heavy atom. The molecule has 0 bridgehead atoms. The molecule has 1 aliphatic heterocycles. The van der Waals surface area contributed by atoms with E-state index in [9.17, 15) is 14.4 Å². The molecule has 0 atom stereocenters. The highest BCUT2D eigenvalue weighted by atomic mass is 32.1. The van der Waals surface area contributed by atoms with E-state index >= 15 is 0 Å². The fraction of sp³-hybridized carbons (Fsp3) is 0.400. The lowest BCUT2D eigenvalue weighted by Crippen LogP contribution is -2.37. The second kappa shape index (κ2) is 17.2. The van der Waals surface area contributed by atoms with Crippen LogP contribution < -0.4 is 31.1 Å². The van der Waals surface area contributed by atoms with Crippen molar-refractivity contribution in [3.63, 3.8) is 0 Å². The van der Waals surface area contributed by atoms with E-state index < -0.39 is 17.8 Å². The Bertz CT molecular complexity index is 1990. The maximum atomic E-state index is 13.3. The third-order valence-electron chi connectivity index (χ3n) is 8.16. The maximum absolute atomic E-state index is 13.3. The molecule has 5 N–H and O–H groups in total. The number of methoxy groups -OCH3 is 2. The van der Waals surface area contributed by atoms with Gasteiger partial charge in [-0.15, -0.1) is 0 Å². The van der Waals surface area contributed by atoms with E-state index in [1.165, 1.54) is 31.6 Å². The minimum atomic E-state index is -0.607. The quantitative estimate of drug-likeness (QED) is 0.0700. The summed E-state index contributed by atoms with van der Waals surface area (Å²) in [6.45, 7) is 8.70. The van der Waals surface area contributed by atoms with E-state index in [1.54, 1.807) is 25.1 Å². The zero-order valence-corrected chi connectivity index (χ0v) is 30.0. The fourth-order valence-corrected chi connectivity index (χ4v) is 6.73. The molecule has 1 fully saturated rings. The Hall–Kier alpha value is -5.19. The van der Waals surface area contributed by atoms with Gasteiger partial charge in [0.25, 0.3) is 0 Å². The summed E-state index contributed by atoms with van der Waals surface area (Å²) in [5.74, 6) is -0.406. The number of amides is 2. The number of allylic oxidation sites excluding steroid dienone is 1. The first kappa shape index (κ1) is 37.1. The van der Waals surface area contributed by atoms with Crippen molar-refractivity contribution in [2.75, 3.05) is 71.3 Å². The summed E-state index contributed by atoms with van der Waals surface area (Å²) in [6.07, 6.45) is 5.06. The van der Waals surface area contributed by atoms with Crippen LogP contribution >= 0.6 is 11.3 Å². The lowest BCUT2D eigenvalue weighted by molar-refractivity contribution is 0.0358. The molecule has 4 aromatic rings. The van der Waals surface area contributed by atoms with Gasteiger partial charge in [-0.05, 0) is 37.1 Å². The number of nitrogens with one attached hydrogen (secondary N) is 1. The molecule has 0 radical (unpaired) electrons. The monoisotopic (exact) mass is 721 g/mol. The predicted molar refractivity (Wildman–Crippen MR) is 193 cm³/mol. The number of aryl methyl sites for hydroxylation is 2. The second-order valence-corrected chi connectivity index (χ2v) is 12.6. The number of thiazole rings is 1. The number of nitrogen functional groups attached to an aromatic ring is 1. The topological polar surface area (TPSA) is 199 Å². The Labute approximate surface area is 298 Å². The van der Waals surface area contributed by atoms with E-state index in [1.807, 2.05) is 23.6 Å². The molecule has 2 aromatic carbocycles. The number of carbonyl (C=O) groups is 3. The fourth-order valence-electron chi connectivity index (χ4n) is 5.64. The number of carbonyl (C=O) groups excluding carboxylic acids is 3. The Morgan fingerprint density at radius 2 is 1.86 bits per heavy atom. The largest absolute Gasteiger partial charge is 0.494 e. The van der Waals surface area contributed by atoms with E-state index in [4.69, 9.17) is 34.8 Å². The van der Waals surface area contributed by atoms with Crippen LogP contribution in [0.3, 0.4) is 0 Å². The first-order valence-corrected chi connectivity index (χ1v) is 17.3. The molecule has 15 nitrogen and oxygen atoms in total. The van der Waals surface area contributed by atoms with Crippen LogP contribution in [0.5, 0.6) is 11.5 Å². The van der Waals surface area contributed by atoms with Crippen LogP contribution in [0.2, 0.25) is 0 Å². The number of morpholine rings is 1. The van der Waals surface area contributed by atoms with Gasteiger partial charge in [0.2, 0.25) is 11.7 Å². The minimum absolute atomic E-state index is 0.0834. The van der Waals surface area contributed by atoms with Gasteiger partial charge in [-0.1, -0.05) is 30.4 Å². The number of rotatable bonds is 15. The smallest absolute Gasteiger partial charge is 0.338 e. The SMILES string of the molecule is CCc1nc(C)oc1C(=O)/N=c1\sc2cc(C(=O)OC)cc(OC)c2n1C/C=C/CNc1c(N)cc(C(N)=O)cc1OCCCN1CCOCC1. The molecule has 2 amide bonds. The summed E-state index contributed by atoms with van der Waals surface area (Å²) < 4.78 is 30.2. The molecular formula is C35H43N7O8S. The molecule has 3 heterocycles. The van der Waals surface area contributed by atoms with Crippen molar-refractivity contribution in [2.45, 2.75) is 33.2 Å². The van der Waals surface area contributed by atoms with Crippen LogP contribution in [0.15, 0.2) is 45.8 Å². The number of aromatic nitrogens is 2. The highest BCUT2D eigenvalue weighted by Crippen LogP contribution is 2.33. The first-order valence-electron chi connectivity index (χ1n) is 16.5. The minimum Gasteiger partial charge on any atom is -0.494 e. The van der Waals surface area contributed by atoms with Gasteiger partial charge in [0.15, 0.2) is 10.7 Å². The molecular weight excluding hydrogens is 678 g/mol. The molecule has 16 heteroatoms. The number of fused-ring (bicyclic) bond motifs is 1. The van der Waals surface area contributed by atoms with Gasteiger partial charge in [-0.2, -0.15) is 4.99 Å². The summed E-state index contributed by atoms with van der Waals surface area (Å²) in [6, 6.07) is 6.37. The average molecular weight is 722 g/mol. The summed E-state index contributed by atoms with van der Waals surface area (Å²) in [7, 11) is 2.80. The number of primary amides is 1. The van der Waals surface area contributed by atoms with Crippen molar-refractivity contribution < 1.29 is 37.7 Å². The summed E-state index contributed by atoms with van der Waals surface area (Å²) >= 11 is 1.22. The molecule has 2 aromatic heterocycles. The number of nitrogens with two attached hydrogens (primary N) is 2. The summed E-state index contributed by atoms with van der Waals surface area (Å²) in [5, 5.41) is 3.29. The van der Waals surface area contributed by atoms with Crippen LogP contribution in [0.1, 0.15) is 56.2 Å². The van der Waals surface area contributed by atoms with Gasteiger partial charge < -0.3 is 44.7 Å². The van der Waals surface area contributed by atoms with Crippen molar-refractivity contribution in [1.82, 2.24) is 14.5 Å². The van der Waals surface area contributed by atoms with Crippen LogP contribution in [-0.4, -0.2) is 92.5 Å². The molecule has 0 spiro atoms. The van der Waals surface area contributed by atoms with Crippen molar-refractivity contribution in [3.05, 3.63) is 69.7 Å². The molecule has 1 aliphatic rings. The van der Waals surface area contributed by atoms with E-state index in [-0.39, 0.29) is 11.3 Å². The van der Waals surface area contributed by atoms with Crippen LogP contribution in [0, 0.1) is 6.92 Å². The number of nitrogens with zero attached hydrogens (tertiary/aromatic N) is 4. The zero-order valence-electron chi connectivity index (χ0n) is 29.2. The van der Waals surface area contributed by atoms with Crippen LogP contribution in [0.4, 0.5) is 11.4 Å². The van der Waals surface area contributed by atoms with Crippen molar-refractivity contribution >= 4 is 50.7 Å². The number of hydrogen-bond donors (Lipinski definition) is 3. The highest BCUT2D eigenvalue weighted by Gasteiger charge is 2.21. The third-order valence-corrected chi connectivity index (χ3v) is 9.19. The number of benzene rings is 2. The van der Waals surface area contributed by atoms with Gasteiger partial charge in [0, 0.05) is 45.2 Å². The maximum Gasteiger partial charge on any atom is 0.338 e. The van der Waals surface area contributed by atoms with Crippen molar-refractivity contribution in [2.24, 2.45) is 10.7 Å². The van der Waals surface area contributed by atoms with Gasteiger partial charge in [0.05, 0.1) is 55.7 Å². The van der Waals surface area contributed by atoms with E-state index in [0.717, 1.165) is 39.3 Å². The first-order chi connectivity index (χ1) is 24.6. The molecule has 0 unspecified atom stereocenters. The number of esters is 1. The second-order valence-electron chi connectivity index (χ2n) is 11.6. The highest BCUT2D eigenvalue weighted by molar-refractivity contribution is 7.16. The molecule has 0 saturated carbocycles. The van der Waals surface area contributed by atoms with Crippen molar-refractivity contribution in [1.29, 1.82) is 0 Å². The van der Waals surface area contributed by atoms with Gasteiger partial charge >= 0.3 is 11.9 Å².